The fourth-order valence-electron chi connectivity index (χ4n) is 6.00. The van der Waals surface area contributed by atoms with Gasteiger partial charge in [0.25, 0.3) is 11.8 Å². The molecule has 2 aromatic heterocycles. The number of aromatic nitrogens is 3. The second-order valence-corrected chi connectivity index (χ2v) is 11.9. The number of carbonyl (C=O) groups excluding carboxylic acids is 2. The van der Waals surface area contributed by atoms with Gasteiger partial charge >= 0.3 is 0 Å². The predicted octanol–water partition coefficient (Wildman–Crippen LogP) is 6.24. The van der Waals surface area contributed by atoms with Gasteiger partial charge in [-0.2, -0.15) is 5.10 Å². The van der Waals surface area contributed by atoms with Crippen LogP contribution in [0.1, 0.15) is 84.1 Å². The molecule has 0 saturated heterocycles. The third-order valence-electron chi connectivity index (χ3n) is 8.60. The van der Waals surface area contributed by atoms with E-state index in [0.717, 1.165) is 53.6 Å². The molecule has 242 valence electrons. The molecule has 0 saturated carbocycles. The first-order valence-electron chi connectivity index (χ1n) is 16.5. The maximum absolute atomic E-state index is 14.6. The molecule has 0 fully saturated rings. The smallest absolute Gasteiger partial charge is 0.274 e. The monoisotopic (exact) mass is 623 g/mol. The number of fused-ring (bicyclic) bond motifs is 1. The number of nitrogens with zero attached hydrogens (tertiary/aromatic N) is 5. The van der Waals surface area contributed by atoms with Crippen LogP contribution in [0.15, 0.2) is 66.9 Å². The maximum atomic E-state index is 14.6. The van der Waals surface area contributed by atoms with Gasteiger partial charge in [-0.1, -0.05) is 57.0 Å². The van der Waals surface area contributed by atoms with E-state index in [2.05, 4.69) is 24.9 Å². The largest absolute Gasteiger partial charge is 0.478 e. The molecule has 0 unspecified atom stereocenters. The Balaban J connectivity index is 1.57. The Morgan fingerprint density at radius 2 is 1.67 bits per heavy atom. The second kappa shape index (κ2) is 15.2. The Bertz CT molecular complexity index is 1640. The summed E-state index contributed by atoms with van der Waals surface area (Å²) in [6.07, 6.45) is 6.17. The van der Waals surface area contributed by atoms with E-state index in [-0.39, 0.29) is 24.5 Å². The molecule has 1 aliphatic heterocycles. The van der Waals surface area contributed by atoms with Crippen LogP contribution in [0.25, 0.3) is 16.8 Å². The van der Waals surface area contributed by atoms with Crippen molar-refractivity contribution in [3.05, 3.63) is 94.9 Å². The van der Waals surface area contributed by atoms with Crippen molar-refractivity contribution < 1.29 is 19.4 Å². The van der Waals surface area contributed by atoms with Crippen molar-refractivity contribution >= 4 is 11.8 Å². The van der Waals surface area contributed by atoms with Crippen molar-refractivity contribution in [2.45, 2.75) is 72.4 Å². The summed E-state index contributed by atoms with van der Waals surface area (Å²) >= 11 is 0. The summed E-state index contributed by atoms with van der Waals surface area (Å²) in [6, 6.07) is 18.9. The van der Waals surface area contributed by atoms with E-state index in [9.17, 15) is 14.7 Å². The summed E-state index contributed by atoms with van der Waals surface area (Å²) in [5.41, 5.74) is 5.98. The predicted molar refractivity (Wildman–Crippen MR) is 179 cm³/mol. The molecule has 9 heteroatoms. The molecule has 2 amide bonds. The van der Waals surface area contributed by atoms with E-state index < -0.39 is 0 Å². The van der Waals surface area contributed by atoms with Crippen LogP contribution in [0, 0.1) is 6.92 Å². The van der Waals surface area contributed by atoms with Gasteiger partial charge in [0.2, 0.25) is 5.88 Å². The highest BCUT2D eigenvalue weighted by molar-refractivity contribution is 5.99. The van der Waals surface area contributed by atoms with Crippen molar-refractivity contribution in [2.24, 2.45) is 0 Å². The summed E-state index contributed by atoms with van der Waals surface area (Å²) in [5, 5.41) is 15.2. The van der Waals surface area contributed by atoms with Crippen LogP contribution in [0.2, 0.25) is 0 Å². The minimum absolute atomic E-state index is 0.0957. The first-order valence-corrected chi connectivity index (χ1v) is 16.5. The van der Waals surface area contributed by atoms with Crippen molar-refractivity contribution in [3.8, 4) is 22.7 Å². The fraction of sp³-hybridized carbons (Fsp3) is 0.405. The fourth-order valence-corrected chi connectivity index (χ4v) is 6.00. The molecule has 2 aromatic carbocycles. The molecule has 9 nitrogen and oxygen atoms in total. The number of aliphatic hydroxyl groups excluding tert-OH is 1. The normalized spacial score (nSPS) is 14.2. The van der Waals surface area contributed by atoms with Gasteiger partial charge in [-0.05, 0) is 74.1 Å². The van der Waals surface area contributed by atoms with Gasteiger partial charge in [-0.3, -0.25) is 9.59 Å². The molecular formula is C37H45N5O4. The lowest BCUT2D eigenvalue weighted by Gasteiger charge is -2.36. The lowest BCUT2D eigenvalue weighted by Crippen LogP contribution is -2.46. The van der Waals surface area contributed by atoms with E-state index in [0.29, 0.717) is 55.5 Å². The van der Waals surface area contributed by atoms with Gasteiger partial charge in [0.15, 0.2) is 5.69 Å². The lowest BCUT2D eigenvalue weighted by molar-refractivity contribution is 0.0544. The second-order valence-electron chi connectivity index (χ2n) is 11.9. The number of hydrogen-bond acceptors (Lipinski definition) is 6. The maximum Gasteiger partial charge on any atom is 0.274 e. The number of aliphatic hydroxyl groups is 1. The van der Waals surface area contributed by atoms with Crippen LogP contribution in [0.5, 0.6) is 5.88 Å². The number of hydrogen-bond donors (Lipinski definition) is 1. The molecule has 46 heavy (non-hydrogen) atoms. The molecular weight excluding hydrogens is 578 g/mol. The molecule has 1 N–H and O–H groups in total. The van der Waals surface area contributed by atoms with Crippen molar-refractivity contribution in [1.82, 2.24) is 24.6 Å². The molecule has 0 radical (unpaired) electrons. The number of benzene rings is 2. The zero-order chi connectivity index (χ0) is 32.6. The molecule has 5 rings (SSSR count). The molecule has 0 aliphatic carbocycles. The van der Waals surface area contributed by atoms with Crippen LogP contribution in [0.3, 0.4) is 0 Å². The first-order chi connectivity index (χ1) is 22.4. The Morgan fingerprint density at radius 1 is 0.957 bits per heavy atom. The molecule has 4 aromatic rings. The Hall–Kier alpha value is -4.50. The zero-order valence-corrected chi connectivity index (χ0v) is 27.4. The highest BCUT2D eigenvalue weighted by Gasteiger charge is 2.32. The zero-order valence-electron chi connectivity index (χ0n) is 27.4. The summed E-state index contributed by atoms with van der Waals surface area (Å²) in [4.78, 5) is 36.3. The highest BCUT2D eigenvalue weighted by Crippen LogP contribution is 2.31. The Labute approximate surface area is 271 Å². The van der Waals surface area contributed by atoms with Crippen LogP contribution >= 0.6 is 0 Å². The highest BCUT2D eigenvalue weighted by atomic mass is 16.5. The van der Waals surface area contributed by atoms with E-state index in [1.54, 1.807) is 21.8 Å². The van der Waals surface area contributed by atoms with Gasteiger partial charge in [-0.25, -0.2) is 9.67 Å². The number of unbranched alkanes of at least 4 members (excludes halogenated alkanes) is 2. The number of aryl methyl sites for hydroxylation is 1. The van der Waals surface area contributed by atoms with Gasteiger partial charge < -0.3 is 19.6 Å². The summed E-state index contributed by atoms with van der Waals surface area (Å²) in [7, 11) is 0. The topological polar surface area (TPSA) is 101 Å². The molecule has 0 spiro atoms. The summed E-state index contributed by atoms with van der Waals surface area (Å²) in [5.74, 6) is 0.231. The summed E-state index contributed by atoms with van der Waals surface area (Å²) in [6.45, 7) is 10.2. The van der Waals surface area contributed by atoms with Crippen LogP contribution in [-0.2, 0) is 13.0 Å². The molecule has 3 heterocycles. The minimum Gasteiger partial charge on any atom is -0.478 e. The first kappa shape index (κ1) is 32.9. The van der Waals surface area contributed by atoms with Crippen LogP contribution < -0.4 is 4.74 Å². The Morgan fingerprint density at radius 3 is 2.33 bits per heavy atom. The van der Waals surface area contributed by atoms with Gasteiger partial charge in [0.05, 0.1) is 30.5 Å². The Kier molecular flexibility index (Phi) is 10.9. The van der Waals surface area contributed by atoms with E-state index in [4.69, 9.17) is 9.84 Å². The minimum atomic E-state index is -0.368. The van der Waals surface area contributed by atoms with Crippen molar-refractivity contribution in [1.29, 1.82) is 0 Å². The number of pyridine rings is 1. The standard InChI is InChI=1S/C37H45N5O4/c1-5-8-18-40(19-9-6-2)37(45)33-20-26(4)42(39-33)34-16-14-28(29-15-17-35(38-23-29)46-7-3)22-32(34)36(44)41-24-30-13-11-10-12-27(30)21-31(41)25-43/h10-17,20,22-23,31,43H,5-9,18-19,21,24-25H2,1-4H3/t31-/m0/s1. The molecule has 1 atom stereocenters. The van der Waals surface area contributed by atoms with Gasteiger partial charge in [0.1, 0.15) is 0 Å². The van der Waals surface area contributed by atoms with Crippen molar-refractivity contribution in [3.63, 3.8) is 0 Å². The number of amides is 2. The van der Waals surface area contributed by atoms with E-state index >= 15 is 0 Å². The van der Waals surface area contributed by atoms with Gasteiger partial charge in [-0.15, -0.1) is 0 Å². The number of carbonyl (C=O) groups is 2. The SMILES string of the molecule is CCCCN(CCCC)C(=O)c1cc(C)n(-c2ccc(-c3ccc(OCC)nc3)cc2C(=O)N2Cc3ccccc3C[C@H]2CO)n1. The van der Waals surface area contributed by atoms with E-state index in [1.807, 2.05) is 67.3 Å². The number of rotatable bonds is 13. The molecule has 1 aliphatic rings. The van der Waals surface area contributed by atoms with E-state index in [1.165, 1.54) is 0 Å². The summed E-state index contributed by atoms with van der Waals surface area (Å²) < 4.78 is 7.22. The van der Waals surface area contributed by atoms with Gasteiger partial charge in [0, 0.05) is 43.2 Å². The third-order valence-corrected chi connectivity index (χ3v) is 8.60. The number of ether oxygens (including phenoxy) is 1. The van der Waals surface area contributed by atoms with Crippen LogP contribution in [0.4, 0.5) is 0 Å². The van der Waals surface area contributed by atoms with Crippen LogP contribution in [-0.4, -0.2) is 73.8 Å². The average Bonchev–Trinajstić information content (AvgIpc) is 3.48. The lowest BCUT2D eigenvalue weighted by atomic mass is 9.93. The quantitative estimate of drug-likeness (QED) is 0.189. The third kappa shape index (κ3) is 7.15. The van der Waals surface area contributed by atoms with Crippen molar-refractivity contribution in [2.75, 3.05) is 26.3 Å². The molecule has 0 bridgehead atoms. The average molecular weight is 624 g/mol.